The first-order valence-electron chi connectivity index (χ1n) is 3.77. The van der Waals surface area contributed by atoms with E-state index >= 15 is 0 Å². The first-order valence-corrected chi connectivity index (χ1v) is 3.77. The molecule has 0 aromatic carbocycles. The molecule has 4 heteroatoms. The smallest absolute Gasteiger partial charge is 0.146 e. The lowest BCUT2D eigenvalue weighted by atomic mass is 9.99. The number of rotatable bonds is 1. The van der Waals surface area contributed by atoms with Crippen molar-refractivity contribution in [3.05, 3.63) is 0 Å². The normalized spacial score (nSPS) is 42.2. The molecular formula is C8H12O4. The zero-order valence-electron chi connectivity index (χ0n) is 6.55. The number of hydrogen-bond acceptors (Lipinski definition) is 4. The van der Waals surface area contributed by atoms with Gasteiger partial charge in [0.2, 0.25) is 0 Å². The molecule has 1 heterocycles. The molecule has 68 valence electrons. The van der Waals surface area contributed by atoms with E-state index in [-0.39, 0.29) is 13.0 Å². The Morgan fingerprint density at radius 1 is 1.50 bits per heavy atom. The van der Waals surface area contributed by atoms with E-state index in [1.807, 2.05) is 0 Å². The number of ether oxygens (including phenoxy) is 1. The van der Waals surface area contributed by atoms with Crippen LogP contribution >= 0.6 is 0 Å². The second kappa shape index (κ2) is 3.87. The Morgan fingerprint density at radius 3 is 2.67 bits per heavy atom. The Hall–Kier alpha value is -0.600. The Balaban J connectivity index is 2.59. The molecule has 12 heavy (non-hydrogen) atoms. The average molecular weight is 172 g/mol. The molecule has 4 unspecified atom stereocenters. The topological polar surface area (TPSA) is 69.9 Å². The molecule has 1 aliphatic heterocycles. The van der Waals surface area contributed by atoms with E-state index in [0.29, 0.717) is 0 Å². The summed E-state index contributed by atoms with van der Waals surface area (Å²) < 4.78 is 5.07. The molecule has 4 atom stereocenters. The molecule has 3 N–H and O–H groups in total. The molecule has 0 radical (unpaired) electrons. The van der Waals surface area contributed by atoms with Crippen LogP contribution in [-0.4, -0.2) is 46.3 Å². The second-order valence-electron chi connectivity index (χ2n) is 2.82. The zero-order chi connectivity index (χ0) is 9.14. The van der Waals surface area contributed by atoms with Gasteiger partial charge in [-0.05, 0) is 0 Å². The van der Waals surface area contributed by atoms with Gasteiger partial charge in [0.05, 0.1) is 18.8 Å². The lowest BCUT2D eigenvalue weighted by molar-refractivity contribution is -0.156. The molecule has 1 rings (SSSR count). The van der Waals surface area contributed by atoms with Crippen LogP contribution < -0.4 is 0 Å². The molecular weight excluding hydrogens is 160 g/mol. The average Bonchev–Trinajstić information content (AvgIpc) is 2.09. The third-order valence-corrected chi connectivity index (χ3v) is 1.92. The Morgan fingerprint density at radius 2 is 2.17 bits per heavy atom. The summed E-state index contributed by atoms with van der Waals surface area (Å²) in [6.07, 6.45) is 2.03. The minimum atomic E-state index is -1.04. The van der Waals surface area contributed by atoms with Crippen molar-refractivity contribution in [3.63, 3.8) is 0 Å². The molecule has 0 saturated carbocycles. The molecule has 1 fully saturated rings. The number of terminal acetylenes is 1. The van der Waals surface area contributed by atoms with Crippen molar-refractivity contribution < 1.29 is 20.1 Å². The van der Waals surface area contributed by atoms with Gasteiger partial charge in [-0.3, -0.25) is 0 Å². The van der Waals surface area contributed by atoms with Crippen molar-refractivity contribution in [1.29, 1.82) is 0 Å². The Kier molecular flexibility index (Phi) is 3.06. The fraction of sp³-hybridized carbons (Fsp3) is 0.750. The molecule has 0 aromatic heterocycles. The van der Waals surface area contributed by atoms with Crippen LogP contribution in [0.2, 0.25) is 0 Å². The van der Waals surface area contributed by atoms with Crippen molar-refractivity contribution in [2.24, 2.45) is 0 Å². The van der Waals surface area contributed by atoms with Crippen molar-refractivity contribution in [2.45, 2.75) is 30.8 Å². The minimum absolute atomic E-state index is 0.192. The summed E-state index contributed by atoms with van der Waals surface area (Å²) in [5.74, 6) is 2.21. The molecule has 1 saturated heterocycles. The summed E-state index contributed by atoms with van der Waals surface area (Å²) in [6, 6.07) is 0. The van der Waals surface area contributed by atoms with Crippen molar-refractivity contribution >= 4 is 0 Å². The van der Waals surface area contributed by atoms with Crippen molar-refractivity contribution in [3.8, 4) is 12.3 Å². The standard InChI is InChI=1S/C8H12O4/c1-2-7-8(11)6(10)3-5(4-9)12-7/h1,5-11H,3-4H2. The summed E-state index contributed by atoms with van der Waals surface area (Å²) in [7, 11) is 0. The van der Waals surface area contributed by atoms with Gasteiger partial charge in [-0.15, -0.1) is 6.42 Å². The van der Waals surface area contributed by atoms with Gasteiger partial charge < -0.3 is 20.1 Å². The summed E-state index contributed by atoms with van der Waals surface area (Å²) in [5, 5.41) is 27.2. The highest BCUT2D eigenvalue weighted by molar-refractivity contribution is 5.03. The molecule has 0 bridgehead atoms. The van der Waals surface area contributed by atoms with Gasteiger partial charge >= 0.3 is 0 Å². The monoisotopic (exact) mass is 172 g/mol. The second-order valence-corrected chi connectivity index (χ2v) is 2.82. The van der Waals surface area contributed by atoms with Crippen LogP contribution in [0.4, 0.5) is 0 Å². The maximum atomic E-state index is 9.25. The van der Waals surface area contributed by atoms with Crippen LogP contribution in [0.15, 0.2) is 0 Å². The van der Waals surface area contributed by atoms with Gasteiger partial charge in [0, 0.05) is 6.42 Å². The number of aliphatic hydroxyl groups is 3. The maximum Gasteiger partial charge on any atom is 0.146 e. The van der Waals surface area contributed by atoms with Crippen LogP contribution in [-0.2, 0) is 4.74 Å². The summed E-state index contributed by atoms with van der Waals surface area (Å²) in [4.78, 5) is 0. The van der Waals surface area contributed by atoms with Gasteiger partial charge in [0.1, 0.15) is 12.2 Å². The van der Waals surface area contributed by atoms with Crippen LogP contribution in [0.25, 0.3) is 0 Å². The quantitative estimate of drug-likeness (QED) is 0.421. The minimum Gasteiger partial charge on any atom is -0.394 e. The van der Waals surface area contributed by atoms with Gasteiger partial charge in [-0.1, -0.05) is 5.92 Å². The van der Waals surface area contributed by atoms with Crippen LogP contribution in [0.1, 0.15) is 6.42 Å². The summed E-state index contributed by atoms with van der Waals surface area (Å²) in [6.45, 7) is -0.192. The predicted octanol–water partition coefficient (Wildman–Crippen LogP) is -1.51. The van der Waals surface area contributed by atoms with E-state index in [4.69, 9.17) is 16.3 Å². The van der Waals surface area contributed by atoms with Gasteiger partial charge in [0.25, 0.3) is 0 Å². The third-order valence-electron chi connectivity index (χ3n) is 1.92. The summed E-state index contributed by atoms with van der Waals surface area (Å²) >= 11 is 0. The predicted molar refractivity (Wildman–Crippen MR) is 41.2 cm³/mol. The third kappa shape index (κ3) is 1.76. The van der Waals surface area contributed by atoms with E-state index in [1.54, 1.807) is 0 Å². The van der Waals surface area contributed by atoms with E-state index in [2.05, 4.69) is 5.92 Å². The van der Waals surface area contributed by atoms with E-state index < -0.39 is 24.4 Å². The van der Waals surface area contributed by atoms with Crippen LogP contribution in [0.5, 0.6) is 0 Å². The first kappa shape index (κ1) is 9.49. The Bertz CT molecular complexity index is 186. The molecule has 0 amide bonds. The molecule has 0 spiro atoms. The highest BCUT2D eigenvalue weighted by Gasteiger charge is 2.35. The Labute approximate surface area is 70.8 Å². The first-order chi connectivity index (χ1) is 5.69. The number of hydrogen-bond donors (Lipinski definition) is 3. The van der Waals surface area contributed by atoms with E-state index in [9.17, 15) is 10.2 Å². The van der Waals surface area contributed by atoms with Gasteiger partial charge in [-0.25, -0.2) is 0 Å². The molecule has 4 nitrogen and oxygen atoms in total. The SMILES string of the molecule is C#CC1OC(CO)CC(O)C1O. The lowest BCUT2D eigenvalue weighted by Gasteiger charge is -2.33. The summed E-state index contributed by atoms with van der Waals surface area (Å²) in [5.41, 5.74) is 0. The lowest BCUT2D eigenvalue weighted by Crippen LogP contribution is -2.48. The van der Waals surface area contributed by atoms with Crippen molar-refractivity contribution in [1.82, 2.24) is 0 Å². The zero-order valence-corrected chi connectivity index (χ0v) is 6.55. The van der Waals surface area contributed by atoms with Crippen molar-refractivity contribution in [2.75, 3.05) is 6.61 Å². The highest BCUT2D eigenvalue weighted by Crippen LogP contribution is 2.19. The van der Waals surface area contributed by atoms with Gasteiger partial charge in [0.15, 0.2) is 0 Å². The largest absolute Gasteiger partial charge is 0.394 e. The van der Waals surface area contributed by atoms with Crippen LogP contribution in [0, 0.1) is 12.3 Å². The van der Waals surface area contributed by atoms with E-state index in [0.717, 1.165) is 0 Å². The molecule has 0 aliphatic carbocycles. The molecule has 0 aromatic rings. The van der Waals surface area contributed by atoms with Gasteiger partial charge in [-0.2, -0.15) is 0 Å². The molecule has 1 aliphatic rings. The highest BCUT2D eigenvalue weighted by atomic mass is 16.5. The van der Waals surface area contributed by atoms with E-state index in [1.165, 1.54) is 0 Å². The fourth-order valence-electron chi connectivity index (χ4n) is 1.21. The maximum absolute atomic E-state index is 9.25. The fourth-order valence-corrected chi connectivity index (χ4v) is 1.21. The number of aliphatic hydroxyl groups excluding tert-OH is 3. The van der Waals surface area contributed by atoms with Crippen LogP contribution in [0.3, 0.4) is 0 Å².